The normalized spacial score (nSPS) is 16.6. The quantitative estimate of drug-likeness (QED) is 0.914. The molecule has 2 heterocycles. The van der Waals surface area contributed by atoms with Gasteiger partial charge in [-0.3, -0.25) is 0 Å². The van der Waals surface area contributed by atoms with Crippen LogP contribution in [0, 0.1) is 0 Å². The average molecular weight is 253 g/mol. The first kappa shape index (κ1) is 12.2. The zero-order chi connectivity index (χ0) is 13.1. The molecule has 1 aromatic carbocycles. The van der Waals surface area contributed by atoms with E-state index in [1.165, 1.54) is 12.8 Å². The second kappa shape index (κ2) is 5.41. The van der Waals surface area contributed by atoms with Gasteiger partial charge in [0, 0.05) is 19.3 Å². The molecule has 0 spiro atoms. The van der Waals surface area contributed by atoms with Crippen molar-refractivity contribution in [2.24, 2.45) is 5.73 Å². The van der Waals surface area contributed by atoms with E-state index in [-0.39, 0.29) is 6.04 Å². The molecule has 1 aromatic heterocycles. The summed E-state index contributed by atoms with van der Waals surface area (Å²) in [6.07, 6.45) is 4.45. The molecule has 1 aliphatic rings. The Morgan fingerprint density at radius 3 is 2.32 bits per heavy atom. The molecule has 0 aliphatic carbocycles. The van der Waals surface area contributed by atoms with Crippen molar-refractivity contribution in [1.82, 2.24) is 4.98 Å². The lowest BCUT2D eigenvalue weighted by Gasteiger charge is -2.18. The maximum absolute atomic E-state index is 6.27. The number of aromatic nitrogens is 1. The van der Waals surface area contributed by atoms with Crippen molar-refractivity contribution in [2.75, 3.05) is 18.0 Å². The number of hydrogen-bond acceptors (Lipinski definition) is 3. The lowest BCUT2D eigenvalue weighted by atomic mass is 10.0. The Hall–Kier alpha value is -1.87. The molecule has 19 heavy (non-hydrogen) atoms. The smallest absolute Gasteiger partial charge is 0.128 e. The minimum absolute atomic E-state index is 0.0960. The molecule has 1 atom stereocenters. The van der Waals surface area contributed by atoms with Crippen molar-refractivity contribution in [2.45, 2.75) is 18.9 Å². The van der Waals surface area contributed by atoms with E-state index in [0.29, 0.717) is 0 Å². The van der Waals surface area contributed by atoms with Crippen LogP contribution in [0.3, 0.4) is 0 Å². The Bertz CT molecular complexity index is 515. The Morgan fingerprint density at radius 2 is 1.68 bits per heavy atom. The molecular formula is C16H19N3. The van der Waals surface area contributed by atoms with Crippen LogP contribution in [-0.4, -0.2) is 18.1 Å². The van der Waals surface area contributed by atoms with Crippen molar-refractivity contribution in [1.29, 1.82) is 0 Å². The summed E-state index contributed by atoms with van der Waals surface area (Å²) in [5.74, 6) is 1.07. The summed E-state index contributed by atoms with van der Waals surface area (Å²) in [5, 5.41) is 0. The molecule has 2 aromatic rings. The molecule has 2 N–H and O–H groups in total. The Kier molecular flexibility index (Phi) is 3.47. The second-order valence-corrected chi connectivity index (χ2v) is 5.03. The van der Waals surface area contributed by atoms with Gasteiger partial charge in [0.25, 0.3) is 0 Å². The highest BCUT2D eigenvalue weighted by Crippen LogP contribution is 2.22. The molecule has 3 heteroatoms. The van der Waals surface area contributed by atoms with Crippen LogP contribution in [0.4, 0.5) is 5.82 Å². The zero-order valence-corrected chi connectivity index (χ0v) is 11.0. The summed E-state index contributed by atoms with van der Waals surface area (Å²) in [4.78, 5) is 6.88. The number of pyridine rings is 1. The van der Waals surface area contributed by atoms with Crippen LogP contribution in [-0.2, 0) is 0 Å². The topological polar surface area (TPSA) is 42.1 Å². The van der Waals surface area contributed by atoms with Gasteiger partial charge >= 0.3 is 0 Å². The van der Waals surface area contributed by atoms with E-state index >= 15 is 0 Å². The predicted octanol–water partition coefficient (Wildman–Crippen LogP) is 2.73. The highest BCUT2D eigenvalue weighted by molar-refractivity contribution is 5.42. The third kappa shape index (κ3) is 2.61. The van der Waals surface area contributed by atoms with Gasteiger partial charge in [-0.25, -0.2) is 4.98 Å². The number of nitrogens with two attached hydrogens (primary N) is 1. The summed E-state index contributed by atoms with van der Waals surface area (Å²) in [6.45, 7) is 2.24. The first-order chi connectivity index (χ1) is 9.34. The van der Waals surface area contributed by atoms with Gasteiger partial charge in [0.15, 0.2) is 0 Å². The third-order valence-corrected chi connectivity index (χ3v) is 3.72. The molecule has 0 amide bonds. The molecule has 3 rings (SSSR count). The summed E-state index contributed by atoms with van der Waals surface area (Å²) in [5.41, 5.74) is 8.45. The fraction of sp³-hybridized carbons (Fsp3) is 0.312. The van der Waals surface area contributed by atoms with Gasteiger partial charge in [-0.2, -0.15) is 0 Å². The van der Waals surface area contributed by atoms with Crippen molar-refractivity contribution in [3.8, 4) is 0 Å². The fourth-order valence-electron chi connectivity index (χ4n) is 2.57. The maximum Gasteiger partial charge on any atom is 0.128 e. The number of anilines is 1. The number of hydrogen-bond donors (Lipinski definition) is 1. The Balaban J connectivity index is 1.78. The number of rotatable bonds is 3. The highest BCUT2D eigenvalue weighted by Gasteiger charge is 2.14. The predicted molar refractivity (Wildman–Crippen MR) is 78.2 cm³/mol. The van der Waals surface area contributed by atoms with E-state index in [0.717, 1.165) is 30.0 Å². The van der Waals surface area contributed by atoms with Gasteiger partial charge in [0.1, 0.15) is 5.82 Å². The molecule has 1 fully saturated rings. The first-order valence-corrected chi connectivity index (χ1v) is 6.86. The van der Waals surface area contributed by atoms with Crippen LogP contribution < -0.4 is 10.6 Å². The fourth-order valence-corrected chi connectivity index (χ4v) is 2.57. The van der Waals surface area contributed by atoms with E-state index in [4.69, 9.17) is 5.73 Å². The monoisotopic (exact) mass is 253 g/mol. The minimum atomic E-state index is -0.0960. The van der Waals surface area contributed by atoms with Gasteiger partial charge < -0.3 is 10.6 Å². The van der Waals surface area contributed by atoms with Crippen LogP contribution in [0.2, 0.25) is 0 Å². The molecule has 1 unspecified atom stereocenters. The molecule has 3 nitrogen and oxygen atoms in total. The molecule has 0 radical (unpaired) electrons. The van der Waals surface area contributed by atoms with E-state index < -0.39 is 0 Å². The SMILES string of the molecule is NC(c1ccccc1)c1ccc(N2CCCC2)nc1. The maximum atomic E-state index is 6.27. The summed E-state index contributed by atoms with van der Waals surface area (Å²) < 4.78 is 0. The van der Waals surface area contributed by atoms with Crippen LogP contribution >= 0.6 is 0 Å². The highest BCUT2D eigenvalue weighted by atomic mass is 15.2. The van der Waals surface area contributed by atoms with E-state index in [1.807, 2.05) is 24.4 Å². The lowest BCUT2D eigenvalue weighted by Crippen LogP contribution is -2.19. The second-order valence-electron chi connectivity index (χ2n) is 5.03. The minimum Gasteiger partial charge on any atom is -0.357 e. The van der Waals surface area contributed by atoms with Crippen molar-refractivity contribution in [3.63, 3.8) is 0 Å². The molecule has 1 aliphatic heterocycles. The first-order valence-electron chi connectivity index (χ1n) is 6.86. The largest absolute Gasteiger partial charge is 0.357 e. The van der Waals surface area contributed by atoms with Gasteiger partial charge in [-0.05, 0) is 30.0 Å². The molecular weight excluding hydrogens is 234 g/mol. The summed E-state index contributed by atoms with van der Waals surface area (Å²) in [6, 6.07) is 14.2. The van der Waals surface area contributed by atoms with Crippen molar-refractivity contribution >= 4 is 5.82 Å². The molecule has 98 valence electrons. The number of benzene rings is 1. The van der Waals surface area contributed by atoms with Crippen molar-refractivity contribution < 1.29 is 0 Å². The van der Waals surface area contributed by atoms with Crippen LogP contribution in [0.1, 0.15) is 30.0 Å². The van der Waals surface area contributed by atoms with Gasteiger partial charge in [0.2, 0.25) is 0 Å². The molecule has 1 saturated heterocycles. The Morgan fingerprint density at radius 1 is 0.947 bits per heavy atom. The average Bonchev–Trinajstić information content (AvgIpc) is 3.02. The van der Waals surface area contributed by atoms with Crippen molar-refractivity contribution in [3.05, 3.63) is 59.8 Å². The van der Waals surface area contributed by atoms with E-state index in [9.17, 15) is 0 Å². The summed E-state index contributed by atoms with van der Waals surface area (Å²) >= 11 is 0. The van der Waals surface area contributed by atoms with Gasteiger partial charge in [-0.15, -0.1) is 0 Å². The van der Waals surface area contributed by atoms with Gasteiger partial charge in [-0.1, -0.05) is 36.4 Å². The standard InChI is InChI=1S/C16H19N3/c17-16(13-6-2-1-3-7-13)14-8-9-15(18-12-14)19-10-4-5-11-19/h1-3,6-9,12,16H,4-5,10-11,17H2. The van der Waals surface area contributed by atoms with E-state index in [1.54, 1.807) is 0 Å². The zero-order valence-electron chi connectivity index (χ0n) is 11.0. The van der Waals surface area contributed by atoms with Crippen LogP contribution in [0.25, 0.3) is 0 Å². The number of nitrogens with zero attached hydrogens (tertiary/aromatic N) is 2. The lowest BCUT2D eigenvalue weighted by molar-refractivity contribution is 0.856. The molecule has 0 saturated carbocycles. The Labute approximate surface area is 114 Å². The molecule has 0 bridgehead atoms. The van der Waals surface area contributed by atoms with Crippen LogP contribution in [0.5, 0.6) is 0 Å². The van der Waals surface area contributed by atoms with E-state index in [2.05, 4.69) is 34.1 Å². The van der Waals surface area contributed by atoms with Gasteiger partial charge in [0.05, 0.1) is 6.04 Å². The third-order valence-electron chi connectivity index (χ3n) is 3.72. The van der Waals surface area contributed by atoms with Crippen LogP contribution in [0.15, 0.2) is 48.7 Å². The summed E-state index contributed by atoms with van der Waals surface area (Å²) in [7, 11) is 0.